The Morgan fingerprint density at radius 1 is 0.868 bits per heavy atom. The van der Waals surface area contributed by atoms with Gasteiger partial charge in [-0.25, -0.2) is 4.79 Å². The van der Waals surface area contributed by atoms with E-state index in [1.165, 1.54) is 12.8 Å². The van der Waals surface area contributed by atoms with Crippen LogP contribution in [0.25, 0.3) is 16.8 Å². The molecular weight excluding hydrogens is 478 g/mol. The lowest BCUT2D eigenvalue weighted by Crippen LogP contribution is -2.34. The Morgan fingerprint density at radius 2 is 1.47 bits per heavy atom. The van der Waals surface area contributed by atoms with Gasteiger partial charge in [-0.3, -0.25) is 0 Å². The number of hydrogen-bond donors (Lipinski definition) is 1. The van der Waals surface area contributed by atoms with E-state index in [9.17, 15) is 9.90 Å². The number of nitrogens with zero attached hydrogens (tertiary/aromatic N) is 1. The van der Waals surface area contributed by atoms with Crippen LogP contribution in [0.5, 0.6) is 17.2 Å². The smallest absolute Gasteiger partial charge is 0.336 e. The summed E-state index contributed by atoms with van der Waals surface area (Å²) in [6.07, 6.45) is 6.18. The van der Waals surface area contributed by atoms with E-state index in [-0.39, 0.29) is 5.56 Å². The Hall–Kier alpha value is -4.45. The monoisotopic (exact) mass is 507 g/mol. The maximum absolute atomic E-state index is 12.3. The van der Waals surface area contributed by atoms with Gasteiger partial charge in [-0.2, -0.15) is 0 Å². The number of hydrogen-bond acceptors (Lipinski definition) is 5. The second kappa shape index (κ2) is 9.45. The summed E-state index contributed by atoms with van der Waals surface area (Å²) < 4.78 is 17.8. The molecule has 0 atom stereocenters. The standard InChI is InChI=1S/C32H29NO5/c1-36-25-11-6-22(7-12-25)32(23-8-13-26(37-2)14-9-23)16-15-27-29(31(34)35)19-21-5-10-24(33-17-3-4-18-33)20-28(21)30(27)38-32/h5-16,19-20H,3-4,17-18H2,1-2H3,(H,34,35). The number of aromatic carboxylic acids is 1. The van der Waals surface area contributed by atoms with Crippen LogP contribution in [0, 0.1) is 0 Å². The minimum Gasteiger partial charge on any atom is -0.497 e. The zero-order chi connectivity index (χ0) is 26.3. The van der Waals surface area contributed by atoms with Gasteiger partial charge >= 0.3 is 5.97 Å². The van der Waals surface area contributed by atoms with Gasteiger partial charge in [-0.1, -0.05) is 30.3 Å². The van der Waals surface area contributed by atoms with E-state index in [1.54, 1.807) is 20.3 Å². The minimum absolute atomic E-state index is 0.218. The lowest BCUT2D eigenvalue weighted by molar-refractivity contribution is 0.0695. The highest BCUT2D eigenvalue weighted by Gasteiger charge is 2.39. The van der Waals surface area contributed by atoms with Crippen LogP contribution < -0.4 is 19.1 Å². The molecule has 0 spiro atoms. The fourth-order valence-electron chi connectivity index (χ4n) is 5.54. The molecule has 0 aliphatic carbocycles. The Labute approximate surface area is 221 Å². The van der Waals surface area contributed by atoms with Crippen molar-refractivity contribution in [2.75, 3.05) is 32.2 Å². The highest BCUT2D eigenvalue weighted by molar-refractivity contribution is 6.04. The molecule has 0 bridgehead atoms. The topological polar surface area (TPSA) is 68.2 Å². The van der Waals surface area contributed by atoms with E-state index in [0.29, 0.717) is 11.3 Å². The largest absolute Gasteiger partial charge is 0.497 e. The average Bonchev–Trinajstić information content (AvgIpc) is 3.51. The number of carbonyl (C=O) groups is 1. The Balaban J connectivity index is 1.58. The van der Waals surface area contributed by atoms with Crippen molar-refractivity contribution in [3.05, 3.63) is 101 Å². The van der Waals surface area contributed by atoms with Crippen molar-refractivity contribution in [2.24, 2.45) is 0 Å². The van der Waals surface area contributed by atoms with Gasteiger partial charge in [-0.15, -0.1) is 0 Å². The third kappa shape index (κ3) is 3.93. The molecule has 2 aliphatic heterocycles. The Morgan fingerprint density at radius 3 is 2.03 bits per heavy atom. The van der Waals surface area contributed by atoms with Crippen LogP contribution in [0.4, 0.5) is 5.69 Å². The first kappa shape index (κ1) is 23.9. The van der Waals surface area contributed by atoms with E-state index >= 15 is 0 Å². The summed E-state index contributed by atoms with van der Waals surface area (Å²) in [6, 6.07) is 23.5. The molecule has 1 saturated heterocycles. The van der Waals surface area contributed by atoms with E-state index in [0.717, 1.165) is 52.2 Å². The number of anilines is 1. The highest BCUT2D eigenvalue weighted by atomic mass is 16.5. The van der Waals surface area contributed by atoms with Crippen LogP contribution in [-0.4, -0.2) is 38.4 Å². The van der Waals surface area contributed by atoms with Gasteiger partial charge in [0.25, 0.3) is 0 Å². The summed E-state index contributed by atoms with van der Waals surface area (Å²) in [5, 5.41) is 11.8. The fraction of sp³-hybridized carbons (Fsp3) is 0.219. The number of ether oxygens (including phenoxy) is 3. The average molecular weight is 508 g/mol. The van der Waals surface area contributed by atoms with E-state index in [1.807, 2.05) is 66.7 Å². The molecule has 0 radical (unpaired) electrons. The summed E-state index contributed by atoms with van der Waals surface area (Å²) in [4.78, 5) is 14.7. The van der Waals surface area contributed by atoms with Gasteiger partial charge in [0.2, 0.25) is 0 Å². The first-order valence-corrected chi connectivity index (χ1v) is 12.8. The summed E-state index contributed by atoms with van der Waals surface area (Å²) in [6.45, 7) is 2.03. The molecule has 38 heavy (non-hydrogen) atoms. The van der Waals surface area contributed by atoms with Crippen molar-refractivity contribution in [3.63, 3.8) is 0 Å². The van der Waals surface area contributed by atoms with Crippen molar-refractivity contribution < 1.29 is 24.1 Å². The molecular formula is C32H29NO5. The van der Waals surface area contributed by atoms with Crippen molar-refractivity contribution in [1.29, 1.82) is 0 Å². The van der Waals surface area contributed by atoms with Gasteiger partial charge in [0, 0.05) is 40.9 Å². The van der Waals surface area contributed by atoms with Gasteiger partial charge < -0.3 is 24.2 Å². The normalized spacial score (nSPS) is 15.7. The number of carboxylic acid groups (broad SMARTS) is 1. The first-order chi connectivity index (χ1) is 18.5. The molecule has 2 heterocycles. The number of benzene rings is 4. The molecule has 6 heteroatoms. The zero-order valence-electron chi connectivity index (χ0n) is 21.4. The van der Waals surface area contributed by atoms with Crippen molar-refractivity contribution >= 4 is 28.5 Å². The SMILES string of the molecule is COc1ccc(C2(c3ccc(OC)cc3)C=Cc3c(C(=O)O)cc4ccc(N5CCCC5)cc4c3O2)cc1. The maximum atomic E-state index is 12.3. The molecule has 1 N–H and O–H groups in total. The van der Waals surface area contributed by atoms with Crippen LogP contribution in [0.1, 0.15) is 39.9 Å². The number of methoxy groups -OCH3 is 2. The van der Waals surface area contributed by atoms with Crippen LogP contribution in [0.15, 0.2) is 78.9 Å². The third-order valence-corrected chi connectivity index (χ3v) is 7.60. The molecule has 0 saturated carbocycles. The third-order valence-electron chi connectivity index (χ3n) is 7.60. The lowest BCUT2D eigenvalue weighted by atomic mass is 9.82. The van der Waals surface area contributed by atoms with Gasteiger partial charge in [0.1, 0.15) is 17.2 Å². The molecule has 0 amide bonds. The molecule has 0 unspecified atom stereocenters. The summed E-state index contributed by atoms with van der Waals surface area (Å²) in [5.74, 6) is 1.07. The van der Waals surface area contributed by atoms with E-state index in [4.69, 9.17) is 14.2 Å². The van der Waals surface area contributed by atoms with Gasteiger partial charge in [-0.05, 0) is 72.8 Å². The lowest BCUT2D eigenvalue weighted by Gasteiger charge is -2.37. The number of fused-ring (bicyclic) bond motifs is 3. The molecule has 4 aromatic rings. The van der Waals surface area contributed by atoms with Gasteiger partial charge in [0.05, 0.1) is 19.8 Å². The van der Waals surface area contributed by atoms with E-state index < -0.39 is 11.6 Å². The first-order valence-electron chi connectivity index (χ1n) is 12.8. The molecule has 0 aromatic heterocycles. The number of carboxylic acids is 1. The predicted molar refractivity (Wildman–Crippen MR) is 149 cm³/mol. The second-order valence-corrected chi connectivity index (χ2v) is 9.70. The molecule has 6 nitrogen and oxygen atoms in total. The Kier molecular flexibility index (Phi) is 5.95. The minimum atomic E-state index is -0.987. The zero-order valence-corrected chi connectivity index (χ0v) is 21.4. The van der Waals surface area contributed by atoms with Crippen molar-refractivity contribution in [3.8, 4) is 17.2 Å². The van der Waals surface area contributed by atoms with Crippen molar-refractivity contribution in [2.45, 2.75) is 18.4 Å². The van der Waals surface area contributed by atoms with Crippen molar-refractivity contribution in [1.82, 2.24) is 0 Å². The molecule has 6 rings (SSSR count). The van der Waals surface area contributed by atoms with E-state index in [2.05, 4.69) is 17.0 Å². The maximum Gasteiger partial charge on any atom is 0.336 e. The molecule has 4 aromatic carbocycles. The molecule has 192 valence electrons. The summed E-state index contributed by atoms with van der Waals surface area (Å²) in [7, 11) is 3.28. The van der Waals surface area contributed by atoms with Crippen LogP contribution in [0.3, 0.4) is 0 Å². The summed E-state index contributed by atoms with van der Waals surface area (Å²) >= 11 is 0. The van der Waals surface area contributed by atoms with Crippen LogP contribution in [0.2, 0.25) is 0 Å². The molecule has 1 fully saturated rings. The van der Waals surface area contributed by atoms with Crippen LogP contribution in [-0.2, 0) is 5.60 Å². The second-order valence-electron chi connectivity index (χ2n) is 9.70. The van der Waals surface area contributed by atoms with Gasteiger partial charge in [0.15, 0.2) is 5.60 Å². The molecule has 2 aliphatic rings. The quantitative estimate of drug-likeness (QED) is 0.321. The highest BCUT2D eigenvalue weighted by Crippen LogP contribution is 2.47. The van der Waals surface area contributed by atoms with Crippen LogP contribution >= 0.6 is 0 Å². The predicted octanol–water partition coefficient (Wildman–Crippen LogP) is 6.50. The number of rotatable bonds is 6. The summed E-state index contributed by atoms with van der Waals surface area (Å²) in [5.41, 5.74) is 2.72. The Bertz CT molecular complexity index is 1490. The fourth-order valence-corrected chi connectivity index (χ4v) is 5.54.